The van der Waals surface area contributed by atoms with Gasteiger partial charge in [0.25, 0.3) is 10.0 Å². The molecule has 1 N–H and O–H groups in total. The maximum absolute atomic E-state index is 12.7. The van der Waals surface area contributed by atoms with Crippen molar-refractivity contribution in [1.82, 2.24) is 19.2 Å². The zero-order valence-electron chi connectivity index (χ0n) is 15.8. The molecule has 29 heavy (non-hydrogen) atoms. The van der Waals surface area contributed by atoms with Crippen LogP contribution < -0.4 is 5.32 Å². The van der Waals surface area contributed by atoms with Crippen LogP contribution in [0.4, 0.5) is 0 Å². The molecule has 1 saturated heterocycles. The van der Waals surface area contributed by atoms with Gasteiger partial charge in [0.05, 0.1) is 12.2 Å². The molecule has 152 valence electrons. The van der Waals surface area contributed by atoms with E-state index in [9.17, 15) is 13.2 Å². The largest absolute Gasteiger partial charge is 0.352 e. The number of carbonyl (C=O) groups excluding carboxylic acids is 1. The van der Waals surface area contributed by atoms with Crippen LogP contribution in [-0.4, -0.2) is 41.3 Å². The van der Waals surface area contributed by atoms with E-state index in [0.29, 0.717) is 30.1 Å². The number of carbonyl (C=O) groups is 1. The van der Waals surface area contributed by atoms with Gasteiger partial charge in [-0.1, -0.05) is 18.2 Å². The predicted molar refractivity (Wildman–Crippen MR) is 111 cm³/mol. The fourth-order valence-electron chi connectivity index (χ4n) is 3.44. The van der Waals surface area contributed by atoms with Gasteiger partial charge in [-0.25, -0.2) is 13.4 Å². The van der Waals surface area contributed by atoms with E-state index in [1.165, 1.54) is 15.6 Å². The Morgan fingerprint density at radius 1 is 1.24 bits per heavy atom. The first kappa shape index (κ1) is 19.8. The van der Waals surface area contributed by atoms with Crippen molar-refractivity contribution < 1.29 is 13.2 Å². The molecule has 3 aromatic rings. The number of benzene rings is 1. The monoisotopic (exact) mass is 430 g/mol. The summed E-state index contributed by atoms with van der Waals surface area (Å²) >= 11 is 1.20. The average molecular weight is 431 g/mol. The summed E-state index contributed by atoms with van der Waals surface area (Å²) < 4.78 is 29.1. The van der Waals surface area contributed by atoms with E-state index in [1.807, 2.05) is 35.0 Å². The lowest BCUT2D eigenvalue weighted by Gasteiger charge is -2.30. The van der Waals surface area contributed by atoms with Crippen molar-refractivity contribution in [2.45, 2.75) is 23.6 Å². The van der Waals surface area contributed by atoms with Gasteiger partial charge in [-0.05, 0) is 42.0 Å². The molecule has 0 unspecified atom stereocenters. The number of sulfonamides is 1. The summed E-state index contributed by atoms with van der Waals surface area (Å²) in [5.41, 5.74) is 1.99. The number of nitrogens with one attached hydrogen (secondary N) is 1. The van der Waals surface area contributed by atoms with Gasteiger partial charge in [0.15, 0.2) is 0 Å². The molecule has 0 saturated carbocycles. The van der Waals surface area contributed by atoms with Gasteiger partial charge in [0, 0.05) is 37.7 Å². The van der Waals surface area contributed by atoms with E-state index in [1.54, 1.807) is 30.0 Å². The first-order valence-electron chi connectivity index (χ1n) is 9.43. The molecule has 0 bridgehead atoms. The minimum absolute atomic E-state index is 0.102. The number of hydrogen-bond donors (Lipinski definition) is 1. The number of imidazole rings is 1. The minimum Gasteiger partial charge on any atom is -0.352 e. The van der Waals surface area contributed by atoms with E-state index >= 15 is 0 Å². The fourth-order valence-corrected chi connectivity index (χ4v) is 6.11. The van der Waals surface area contributed by atoms with Crippen LogP contribution in [0, 0.1) is 5.92 Å². The second-order valence-electron chi connectivity index (χ2n) is 6.99. The molecule has 0 spiro atoms. The first-order chi connectivity index (χ1) is 14.0. The smallest absolute Gasteiger partial charge is 0.252 e. The lowest BCUT2D eigenvalue weighted by Crippen LogP contribution is -2.45. The Kier molecular flexibility index (Phi) is 5.79. The van der Waals surface area contributed by atoms with Gasteiger partial charge in [-0.2, -0.15) is 4.31 Å². The van der Waals surface area contributed by atoms with Crippen molar-refractivity contribution in [1.29, 1.82) is 0 Å². The Labute approximate surface area is 174 Å². The second kappa shape index (κ2) is 8.48. The molecule has 9 heteroatoms. The number of hydrogen-bond acceptors (Lipinski definition) is 5. The Morgan fingerprint density at radius 2 is 2.07 bits per heavy atom. The molecule has 1 amide bonds. The molecule has 1 fully saturated rings. The molecule has 1 aliphatic heterocycles. The minimum atomic E-state index is -3.51. The van der Waals surface area contributed by atoms with Crippen molar-refractivity contribution in [3.63, 3.8) is 0 Å². The van der Waals surface area contributed by atoms with E-state index in [2.05, 4.69) is 10.3 Å². The summed E-state index contributed by atoms with van der Waals surface area (Å²) in [7, 11) is -3.51. The number of thiophene rings is 1. The molecule has 7 nitrogen and oxygen atoms in total. The van der Waals surface area contributed by atoms with Crippen molar-refractivity contribution in [3.05, 3.63) is 66.1 Å². The fraction of sp³-hybridized carbons (Fsp3) is 0.300. The lowest BCUT2D eigenvalue weighted by molar-refractivity contribution is -0.126. The molecular formula is C20H22N4O3S2. The number of rotatable bonds is 6. The standard InChI is InChI=1S/C20H22N4O3S2/c25-20(22-13-16-5-7-18(8-6-16)23-11-9-21-15-23)17-3-1-10-24(14-17)29(26,27)19-4-2-12-28-19/h2,4-9,11-12,15,17H,1,3,10,13-14H2,(H,22,25)/t17-/m1/s1. The molecule has 0 aliphatic carbocycles. The first-order valence-corrected chi connectivity index (χ1v) is 11.7. The third-order valence-electron chi connectivity index (χ3n) is 5.05. The highest BCUT2D eigenvalue weighted by atomic mass is 32.2. The Bertz CT molecular complexity index is 1050. The molecule has 2 aromatic heterocycles. The summed E-state index contributed by atoms with van der Waals surface area (Å²) in [5.74, 6) is -0.432. The van der Waals surface area contributed by atoms with E-state index in [-0.39, 0.29) is 18.4 Å². The Hall–Kier alpha value is -2.49. The number of amides is 1. The quantitative estimate of drug-likeness (QED) is 0.652. The van der Waals surface area contributed by atoms with Crippen molar-refractivity contribution >= 4 is 27.3 Å². The normalized spacial score (nSPS) is 17.9. The van der Waals surface area contributed by atoms with E-state index in [4.69, 9.17) is 0 Å². The Morgan fingerprint density at radius 3 is 2.76 bits per heavy atom. The van der Waals surface area contributed by atoms with Crippen molar-refractivity contribution in [3.8, 4) is 5.69 Å². The molecule has 3 heterocycles. The third kappa shape index (κ3) is 4.42. The van der Waals surface area contributed by atoms with Crippen molar-refractivity contribution in [2.75, 3.05) is 13.1 Å². The molecule has 1 aromatic carbocycles. The molecule has 4 rings (SSSR count). The van der Waals surface area contributed by atoms with Crippen molar-refractivity contribution in [2.24, 2.45) is 5.92 Å². The summed E-state index contributed by atoms with van der Waals surface area (Å²) in [6.45, 7) is 1.10. The SMILES string of the molecule is O=C(NCc1ccc(-n2ccnc2)cc1)[C@@H]1CCCN(S(=O)(=O)c2cccs2)C1. The zero-order chi connectivity index (χ0) is 20.3. The molecular weight excluding hydrogens is 408 g/mol. The van der Waals surface area contributed by atoms with Gasteiger partial charge in [-0.3, -0.25) is 4.79 Å². The van der Waals surface area contributed by atoms with Gasteiger partial charge in [-0.15, -0.1) is 11.3 Å². The highest BCUT2D eigenvalue weighted by molar-refractivity contribution is 7.91. The van der Waals surface area contributed by atoms with Crippen LogP contribution in [-0.2, 0) is 21.4 Å². The average Bonchev–Trinajstić information content (AvgIpc) is 3.47. The van der Waals surface area contributed by atoms with Crippen LogP contribution in [0.15, 0.2) is 64.7 Å². The summed E-state index contributed by atoms with van der Waals surface area (Å²) in [4.78, 5) is 16.7. The van der Waals surface area contributed by atoms with Gasteiger partial charge < -0.3 is 9.88 Å². The number of nitrogens with zero attached hydrogens (tertiary/aromatic N) is 3. The van der Waals surface area contributed by atoms with Gasteiger partial charge >= 0.3 is 0 Å². The van der Waals surface area contributed by atoms with Crippen LogP contribution in [0.25, 0.3) is 5.69 Å². The highest BCUT2D eigenvalue weighted by Gasteiger charge is 2.33. The van der Waals surface area contributed by atoms with Gasteiger partial charge in [0.2, 0.25) is 5.91 Å². The van der Waals surface area contributed by atoms with Crippen LogP contribution in [0.1, 0.15) is 18.4 Å². The lowest BCUT2D eigenvalue weighted by atomic mass is 9.99. The third-order valence-corrected chi connectivity index (χ3v) is 8.29. The summed E-state index contributed by atoms with van der Waals surface area (Å²) in [6, 6.07) is 11.2. The summed E-state index contributed by atoms with van der Waals surface area (Å²) in [5, 5.41) is 4.70. The van der Waals surface area contributed by atoms with E-state index in [0.717, 1.165) is 11.3 Å². The molecule has 1 aliphatic rings. The Balaban J connectivity index is 1.35. The maximum atomic E-state index is 12.7. The summed E-state index contributed by atoms with van der Waals surface area (Å²) in [6.07, 6.45) is 6.70. The highest BCUT2D eigenvalue weighted by Crippen LogP contribution is 2.26. The predicted octanol–water partition coefficient (Wildman–Crippen LogP) is 2.65. The van der Waals surface area contributed by atoms with Crippen LogP contribution in [0.5, 0.6) is 0 Å². The number of aromatic nitrogens is 2. The maximum Gasteiger partial charge on any atom is 0.252 e. The number of piperidine rings is 1. The van der Waals surface area contributed by atoms with Crippen LogP contribution in [0.3, 0.4) is 0 Å². The topological polar surface area (TPSA) is 84.3 Å². The second-order valence-corrected chi connectivity index (χ2v) is 10.1. The zero-order valence-corrected chi connectivity index (χ0v) is 17.4. The molecule has 1 atom stereocenters. The molecule has 0 radical (unpaired) electrons. The van der Waals surface area contributed by atoms with Gasteiger partial charge in [0.1, 0.15) is 4.21 Å². The van der Waals surface area contributed by atoms with E-state index < -0.39 is 10.0 Å². The van der Waals surface area contributed by atoms with Crippen LogP contribution in [0.2, 0.25) is 0 Å². The van der Waals surface area contributed by atoms with Crippen LogP contribution >= 0.6 is 11.3 Å².